The summed E-state index contributed by atoms with van der Waals surface area (Å²) in [4.78, 5) is 11.7. The third-order valence-corrected chi connectivity index (χ3v) is 4.12. The van der Waals surface area contributed by atoms with Gasteiger partial charge < -0.3 is 5.32 Å². The van der Waals surface area contributed by atoms with E-state index in [4.69, 9.17) is 11.6 Å². The molecule has 0 bridgehead atoms. The average Bonchev–Trinajstić information content (AvgIpc) is 2.56. The Morgan fingerprint density at radius 2 is 1.81 bits per heavy atom. The molecule has 94 valence electrons. The topological polar surface area (TPSA) is 29.1 Å². The van der Waals surface area contributed by atoms with Crippen molar-refractivity contribution in [2.24, 2.45) is 11.8 Å². The minimum atomic E-state index is -0.0742. The van der Waals surface area contributed by atoms with Crippen LogP contribution in [0, 0.1) is 11.8 Å². The highest BCUT2D eigenvalue weighted by atomic mass is 35.5. The highest BCUT2D eigenvalue weighted by Crippen LogP contribution is 2.25. The molecule has 1 amide bonds. The van der Waals surface area contributed by atoms with Gasteiger partial charge in [-0.2, -0.15) is 0 Å². The summed E-state index contributed by atoms with van der Waals surface area (Å²) in [5.74, 6) is 1.10. The van der Waals surface area contributed by atoms with Crippen molar-refractivity contribution in [3.05, 3.63) is 0 Å². The van der Waals surface area contributed by atoms with Crippen LogP contribution in [0.4, 0.5) is 0 Å². The van der Waals surface area contributed by atoms with Gasteiger partial charge in [0.15, 0.2) is 0 Å². The van der Waals surface area contributed by atoms with Gasteiger partial charge in [0.05, 0.1) is 0 Å². The Bertz CT molecular complexity index is 212. The molecule has 0 aromatic carbocycles. The normalized spacial score (nSPS) is 22.2. The molecular formula is C13H24ClNO. The van der Waals surface area contributed by atoms with Crippen LogP contribution in [0.1, 0.15) is 52.4 Å². The molecule has 0 radical (unpaired) electrons. The van der Waals surface area contributed by atoms with Crippen LogP contribution in [0.25, 0.3) is 0 Å². The average molecular weight is 246 g/mol. The molecule has 1 N–H and O–H groups in total. The number of rotatable bonds is 4. The first-order valence-corrected chi connectivity index (χ1v) is 7.05. The monoisotopic (exact) mass is 245 g/mol. The highest BCUT2D eigenvalue weighted by Gasteiger charge is 2.22. The third kappa shape index (κ3) is 4.32. The van der Waals surface area contributed by atoms with Gasteiger partial charge in [-0.15, -0.1) is 11.6 Å². The van der Waals surface area contributed by atoms with Crippen molar-refractivity contribution in [1.29, 1.82) is 0 Å². The number of amides is 1. The van der Waals surface area contributed by atoms with Gasteiger partial charge in [0.2, 0.25) is 5.91 Å². The molecule has 16 heavy (non-hydrogen) atoms. The van der Waals surface area contributed by atoms with Crippen molar-refractivity contribution < 1.29 is 4.79 Å². The summed E-state index contributed by atoms with van der Waals surface area (Å²) in [6, 6.07) is 0.302. The predicted octanol–water partition coefficient (Wildman–Crippen LogP) is 3.34. The van der Waals surface area contributed by atoms with Crippen LogP contribution < -0.4 is 5.32 Å². The molecule has 2 nitrogen and oxygen atoms in total. The zero-order chi connectivity index (χ0) is 12.0. The van der Waals surface area contributed by atoms with E-state index >= 15 is 0 Å². The Labute approximate surface area is 104 Å². The van der Waals surface area contributed by atoms with E-state index in [0.29, 0.717) is 17.8 Å². The van der Waals surface area contributed by atoms with E-state index in [1.807, 2.05) is 6.92 Å². The Morgan fingerprint density at radius 3 is 2.31 bits per heavy atom. The zero-order valence-corrected chi connectivity index (χ0v) is 11.2. The minimum Gasteiger partial charge on any atom is -0.353 e. The lowest BCUT2D eigenvalue weighted by Crippen LogP contribution is -2.41. The maximum Gasteiger partial charge on any atom is 0.224 e. The quantitative estimate of drug-likeness (QED) is 0.598. The first-order chi connectivity index (χ1) is 7.65. The lowest BCUT2D eigenvalue weighted by atomic mass is 9.92. The number of hydrogen-bond donors (Lipinski definition) is 1. The van der Waals surface area contributed by atoms with E-state index in [0.717, 1.165) is 0 Å². The summed E-state index contributed by atoms with van der Waals surface area (Å²) in [5, 5.41) is 3.10. The van der Waals surface area contributed by atoms with Crippen LogP contribution in [0.2, 0.25) is 0 Å². The van der Waals surface area contributed by atoms with Gasteiger partial charge in [0.1, 0.15) is 0 Å². The predicted molar refractivity (Wildman–Crippen MR) is 68.7 cm³/mol. The van der Waals surface area contributed by atoms with E-state index in [-0.39, 0.29) is 11.8 Å². The second-order valence-corrected chi connectivity index (χ2v) is 5.41. The molecule has 0 spiro atoms. The van der Waals surface area contributed by atoms with Crippen molar-refractivity contribution in [1.82, 2.24) is 5.32 Å². The van der Waals surface area contributed by atoms with Crippen LogP contribution >= 0.6 is 11.6 Å². The second-order valence-electron chi connectivity index (χ2n) is 5.10. The third-order valence-electron chi connectivity index (χ3n) is 3.66. The van der Waals surface area contributed by atoms with Gasteiger partial charge >= 0.3 is 0 Å². The number of alkyl halides is 1. The van der Waals surface area contributed by atoms with Crippen LogP contribution in [-0.4, -0.2) is 17.8 Å². The molecule has 1 saturated carbocycles. The largest absolute Gasteiger partial charge is 0.353 e. The fraction of sp³-hybridized carbons (Fsp3) is 0.923. The number of carbonyl (C=O) groups is 1. The maximum atomic E-state index is 11.7. The van der Waals surface area contributed by atoms with Crippen LogP contribution in [0.5, 0.6) is 0 Å². The number of nitrogens with one attached hydrogen (secondary N) is 1. The van der Waals surface area contributed by atoms with E-state index in [9.17, 15) is 4.79 Å². The van der Waals surface area contributed by atoms with E-state index in [1.54, 1.807) is 0 Å². The number of halogens is 1. The molecule has 1 aliphatic rings. The molecule has 0 saturated heterocycles. The van der Waals surface area contributed by atoms with Crippen LogP contribution in [0.3, 0.4) is 0 Å². The van der Waals surface area contributed by atoms with E-state index in [2.05, 4.69) is 12.2 Å². The molecule has 2 atom stereocenters. The molecule has 1 aliphatic carbocycles. The van der Waals surface area contributed by atoms with Crippen molar-refractivity contribution in [3.8, 4) is 0 Å². The molecule has 1 rings (SSSR count). The maximum absolute atomic E-state index is 11.7. The minimum absolute atomic E-state index is 0.0742. The first-order valence-electron chi connectivity index (χ1n) is 6.51. The molecule has 0 aromatic rings. The standard InChI is InChI=1S/C13H24ClNO/c1-10(9-14)13(16)15-11(2)12-7-5-3-4-6-8-12/h10-12H,3-9H2,1-2H3,(H,15,16)/t10?,11-/m0/s1. The Hall–Kier alpha value is -0.240. The number of hydrogen-bond acceptors (Lipinski definition) is 1. The van der Waals surface area contributed by atoms with Gasteiger partial charge in [-0.1, -0.05) is 32.6 Å². The smallest absolute Gasteiger partial charge is 0.224 e. The van der Waals surface area contributed by atoms with Crippen molar-refractivity contribution >= 4 is 17.5 Å². The second kappa shape index (κ2) is 7.16. The summed E-state index contributed by atoms with van der Waals surface area (Å²) in [5.41, 5.74) is 0. The van der Waals surface area contributed by atoms with Gasteiger partial charge in [-0.3, -0.25) is 4.79 Å². The van der Waals surface area contributed by atoms with Crippen LogP contribution in [0.15, 0.2) is 0 Å². The molecule has 1 unspecified atom stereocenters. The number of carbonyl (C=O) groups excluding carboxylic acids is 1. The molecule has 0 aromatic heterocycles. The summed E-state index contributed by atoms with van der Waals surface area (Å²) < 4.78 is 0. The summed E-state index contributed by atoms with van der Waals surface area (Å²) in [7, 11) is 0. The fourth-order valence-corrected chi connectivity index (χ4v) is 2.51. The lowest BCUT2D eigenvalue weighted by Gasteiger charge is -2.24. The van der Waals surface area contributed by atoms with Crippen LogP contribution in [-0.2, 0) is 4.79 Å². The van der Waals surface area contributed by atoms with Crippen molar-refractivity contribution in [3.63, 3.8) is 0 Å². The fourth-order valence-electron chi connectivity index (χ4n) is 2.37. The summed E-state index contributed by atoms with van der Waals surface area (Å²) >= 11 is 5.68. The van der Waals surface area contributed by atoms with Gasteiger partial charge in [-0.25, -0.2) is 0 Å². The first kappa shape index (κ1) is 13.8. The van der Waals surface area contributed by atoms with Crippen molar-refractivity contribution in [2.45, 2.75) is 58.4 Å². The SMILES string of the molecule is CC(CCl)C(=O)N[C@@H](C)C1CCCCCC1. The van der Waals surface area contributed by atoms with Gasteiger partial charge in [0, 0.05) is 17.8 Å². The van der Waals surface area contributed by atoms with E-state index < -0.39 is 0 Å². The summed E-state index contributed by atoms with van der Waals surface area (Å²) in [6.07, 6.45) is 7.86. The Balaban J connectivity index is 2.37. The molecule has 1 fully saturated rings. The van der Waals surface area contributed by atoms with E-state index in [1.165, 1.54) is 38.5 Å². The Morgan fingerprint density at radius 1 is 1.25 bits per heavy atom. The summed E-state index contributed by atoms with van der Waals surface area (Å²) in [6.45, 7) is 4.01. The molecule has 3 heteroatoms. The van der Waals surface area contributed by atoms with Gasteiger partial charge in [-0.05, 0) is 25.7 Å². The van der Waals surface area contributed by atoms with Gasteiger partial charge in [0.25, 0.3) is 0 Å². The van der Waals surface area contributed by atoms with Crippen molar-refractivity contribution in [2.75, 3.05) is 5.88 Å². The Kier molecular flexibility index (Phi) is 6.18. The molecule has 0 heterocycles. The zero-order valence-electron chi connectivity index (χ0n) is 10.5. The molecule has 0 aliphatic heterocycles. The lowest BCUT2D eigenvalue weighted by molar-refractivity contribution is -0.124. The highest BCUT2D eigenvalue weighted by molar-refractivity contribution is 6.19. The molecular weight excluding hydrogens is 222 g/mol.